The first-order valence-electron chi connectivity index (χ1n) is 9.78. The Kier molecular flexibility index (Phi) is 6.22. The molecule has 2 aromatic heterocycles. The lowest BCUT2D eigenvalue weighted by Gasteiger charge is -2.07. The van der Waals surface area contributed by atoms with Gasteiger partial charge in [-0.1, -0.05) is 12.1 Å². The van der Waals surface area contributed by atoms with E-state index in [0.29, 0.717) is 42.0 Å². The molecule has 0 unspecified atom stereocenters. The van der Waals surface area contributed by atoms with E-state index in [-0.39, 0.29) is 12.7 Å². The number of carbonyl (C=O) groups excluding carboxylic acids is 1. The van der Waals surface area contributed by atoms with Crippen molar-refractivity contribution in [2.45, 2.75) is 6.92 Å². The predicted octanol–water partition coefficient (Wildman–Crippen LogP) is 2.89. The summed E-state index contributed by atoms with van der Waals surface area (Å²) in [7, 11) is 0. The summed E-state index contributed by atoms with van der Waals surface area (Å²) in [5.74, 6) is 3.14. The molecule has 0 saturated carbocycles. The van der Waals surface area contributed by atoms with Gasteiger partial charge in [-0.25, -0.2) is 4.98 Å². The van der Waals surface area contributed by atoms with E-state index in [2.05, 4.69) is 31.1 Å². The van der Waals surface area contributed by atoms with E-state index in [4.69, 9.17) is 9.47 Å². The lowest BCUT2D eigenvalue weighted by molar-refractivity contribution is -0.116. The smallest absolute Gasteiger partial charge is 0.244 e. The summed E-state index contributed by atoms with van der Waals surface area (Å²) in [5.41, 5.74) is 1.95. The molecule has 1 aromatic carbocycles. The van der Waals surface area contributed by atoms with Gasteiger partial charge in [-0.05, 0) is 54.5 Å². The number of aryl methyl sites for hydroxylation is 1. The first-order chi connectivity index (χ1) is 15.2. The maximum atomic E-state index is 12.0. The zero-order chi connectivity index (χ0) is 21.5. The largest absolute Gasteiger partial charge is 0.454 e. The second-order valence-corrected chi connectivity index (χ2v) is 6.81. The Morgan fingerprint density at radius 3 is 2.61 bits per heavy atom. The van der Waals surface area contributed by atoms with Crippen LogP contribution in [0.5, 0.6) is 11.5 Å². The number of hydrogen-bond acceptors (Lipinski definition) is 8. The van der Waals surface area contributed by atoms with Gasteiger partial charge in [-0.15, -0.1) is 10.2 Å². The van der Waals surface area contributed by atoms with E-state index in [1.54, 1.807) is 12.3 Å². The van der Waals surface area contributed by atoms with Gasteiger partial charge in [-0.2, -0.15) is 0 Å². The molecule has 0 bridgehead atoms. The van der Waals surface area contributed by atoms with Crippen LogP contribution in [0.2, 0.25) is 0 Å². The summed E-state index contributed by atoms with van der Waals surface area (Å²) in [6.07, 6.45) is 4.99. The lowest BCUT2D eigenvalue weighted by Crippen LogP contribution is -2.27. The van der Waals surface area contributed by atoms with Crippen molar-refractivity contribution in [2.24, 2.45) is 0 Å². The number of nitrogens with zero attached hydrogens (tertiary/aromatic N) is 3. The SMILES string of the molecule is Cc1ccc(Nc2ccc(NCCNC(=O)/C=C/c3ccc4c(c3)OCO4)nn2)nc1. The van der Waals surface area contributed by atoms with Crippen LogP contribution in [0.25, 0.3) is 6.08 Å². The molecule has 31 heavy (non-hydrogen) atoms. The molecule has 1 amide bonds. The summed E-state index contributed by atoms with van der Waals surface area (Å²) < 4.78 is 10.6. The molecule has 3 heterocycles. The Morgan fingerprint density at radius 2 is 1.81 bits per heavy atom. The Balaban J connectivity index is 1.18. The predicted molar refractivity (Wildman–Crippen MR) is 117 cm³/mol. The van der Waals surface area contributed by atoms with Crippen molar-refractivity contribution < 1.29 is 14.3 Å². The summed E-state index contributed by atoms with van der Waals surface area (Å²) in [4.78, 5) is 16.2. The van der Waals surface area contributed by atoms with Crippen LogP contribution < -0.4 is 25.4 Å². The molecule has 3 aromatic rings. The van der Waals surface area contributed by atoms with Gasteiger partial charge in [-0.3, -0.25) is 4.79 Å². The van der Waals surface area contributed by atoms with Crippen LogP contribution in [0.1, 0.15) is 11.1 Å². The van der Waals surface area contributed by atoms with Crippen molar-refractivity contribution in [1.29, 1.82) is 0 Å². The second kappa shape index (κ2) is 9.57. The Morgan fingerprint density at radius 1 is 1.00 bits per heavy atom. The van der Waals surface area contributed by atoms with Gasteiger partial charge in [0.2, 0.25) is 12.7 Å². The van der Waals surface area contributed by atoms with Gasteiger partial charge in [0.05, 0.1) is 0 Å². The number of rotatable bonds is 8. The molecule has 0 atom stereocenters. The highest BCUT2D eigenvalue weighted by atomic mass is 16.7. The van der Waals surface area contributed by atoms with Crippen LogP contribution in [-0.4, -0.2) is 41.0 Å². The number of benzene rings is 1. The minimum Gasteiger partial charge on any atom is -0.454 e. The molecule has 4 rings (SSSR count). The number of fused-ring (bicyclic) bond motifs is 1. The lowest BCUT2D eigenvalue weighted by atomic mass is 10.2. The van der Waals surface area contributed by atoms with Gasteiger partial charge in [0, 0.05) is 25.4 Å². The summed E-state index contributed by atoms with van der Waals surface area (Å²) in [6.45, 7) is 3.17. The molecule has 9 nitrogen and oxygen atoms in total. The molecule has 1 aliphatic rings. The first-order valence-corrected chi connectivity index (χ1v) is 9.78. The molecule has 0 fully saturated rings. The zero-order valence-corrected chi connectivity index (χ0v) is 17.0. The fourth-order valence-corrected chi connectivity index (χ4v) is 2.79. The van der Waals surface area contributed by atoms with Crippen molar-refractivity contribution in [2.75, 3.05) is 30.5 Å². The highest BCUT2D eigenvalue weighted by Crippen LogP contribution is 2.32. The number of nitrogens with one attached hydrogen (secondary N) is 3. The van der Waals surface area contributed by atoms with Crippen LogP contribution in [-0.2, 0) is 4.79 Å². The fourth-order valence-electron chi connectivity index (χ4n) is 2.79. The molecule has 0 spiro atoms. The summed E-state index contributed by atoms with van der Waals surface area (Å²) in [5, 5.41) is 17.2. The number of ether oxygens (including phenoxy) is 2. The van der Waals surface area contributed by atoms with Crippen LogP contribution >= 0.6 is 0 Å². The maximum Gasteiger partial charge on any atom is 0.244 e. The Hall–Kier alpha value is -4.14. The molecule has 158 valence electrons. The minimum atomic E-state index is -0.185. The Labute approximate surface area is 179 Å². The average Bonchev–Trinajstić information content (AvgIpc) is 3.26. The summed E-state index contributed by atoms with van der Waals surface area (Å²) in [6, 6.07) is 13.0. The minimum absolute atomic E-state index is 0.185. The normalized spacial score (nSPS) is 12.0. The number of amides is 1. The van der Waals surface area contributed by atoms with Gasteiger partial charge in [0.1, 0.15) is 11.6 Å². The van der Waals surface area contributed by atoms with Gasteiger partial charge >= 0.3 is 0 Å². The number of pyridine rings is 1. The molecule has 0 aliphatic carbocycles. The van der Waals surface area contributed by atoms with E-state index >= 15 is 0 Å². The third kappa shape index (κ3) is 5.69. The third-order valence-electron chi connectivity index (χ3n) is 4.39. The van der Waals surface area contributed by atoms with Crippen molar-refractivity contribution in [3.8, 4) is 11.5 Å². The van der Waals surface area contributed by atoms with Crippen molar-refractivity contribution in [3.63, 3.8) is 0 Å². The molecule has 1 aliphatic heterocycles. The molecular weight excluding hydrogens is 396 g/mol. The molecule has 3 N–H and O–H groups in total. The number of hydrogen-bond donors (Lipinski definition) is 3. The second-order valence-electron chi connectivity index (χ2n) is 6.81. The highest BCUT2D eigenvalue weighted by Gasteiger charge is 2.12. The maximum absolute atomic E-state index is 12.0. The van der Waals surface area contributed by atoms with E-state index in [0.717, 1.165) is 11.1 Å². The monoisotopic (exact) mass is 418 g/mol. The highest BCUT2D eigenvalue weighted by molar-refractivity contribution is 5.91. The first kappa shape index (κ1) is 20.1. The number of aromatic nitrogens is 3. The van der Waals surface area contributed by atoms with Crippen LogP contribution in [0, 0.1) is 6.92 Å². The topological polar surface area (TPSA) is 110 Å². The van der Waals surface area contributed by atoms with Gasteiger partial charge in [0.25, 0.3) is 0 Å². The van der Waals surface area contributed by atoms with Crippen molar-refractivity contribution >= 4 is 29.4 Å². The molecule has 0 radical (unpaired) electrons. The number of anilines is 3. The molecule has 9 heteroatoms. The molecular formula is C22H22N6O3. The standard InChI is InChI=1S/C22H22N6O3/c1-15-2-6-19(25-13-15)26-21-8-7-20(27-28-21)23-10-11-24-22(29)9-4-16-3-5-17-18(12-16)31-14-30-17/h2-9,12-13H,10-11,14H2,1H3,(H,23,27)(H,24,29)(H,25,26,28)/b9-4+. The van der Waals surface area contributed by atoms with Crippen molar-refractivity contribution in [3.05, 3.63) is 65.9 Å². The van der Waals surface area contributed by atoms with Crippen LogP contribution in [0.15, 0.2) is 54.7 Å². The molecule has 0 saturated heterocycles. The number of carbonyl (C=O) groups is 1. The quantitative estimate of drug-likeness (QED) is 0.378. The van der Waals surface area contributed by atoms with E-state index in [9.17, 15) is 4.79 Å². The van der Waals surface area contributed by atoms with Gasteiger partial charge < -0.3 is 25.4 Å². The zero-order valence-electron chi connectivity index (χ0n) is 17.0. The Bertz CT molecular complexity index is 1070. The van der Waals surface area contributed by atoms with Crippen LogP contribution in [0.3, 0.4) is 0 Å². The fraction of sp³-hybridized carbons (Fsp3) is 0.182. The van der Waals surface area contributed by atoms with E-state index in [1.165, 1.54) is 6.08 Å². The van der Waals surface area contributed by atoms with Crippen molar-refractivity contribution in [1.82, 2.24) is 20.5 Å². The summed E-state index contributed by atoms with van der Waals surface area (Å²) >= 11 is 0. The van der Waals surface area contributed by atoms with Crippen LogP contribution in [0.4, 0.5) is 17.5 Å². The van der Waals surface area contributed by atoms with E-state index < -0.39 is 0 Å². The van der Waals surface area contributed by atoms with Gasteiger partial charge in [0.15, 0.2) is 17.3 Å². The average molecular weight is 418 g/mol. The third-order valence-corrected chi connectivity index (χ3v) is 4.39. The van der Waals surface area contributed by atoms with E-state index in [1.807, 2.05) is 49.4 Å².